The highest BCUT2D eigenvalue weighted by molar-refractivity contribution is 7.87. The molecule has 122 valence electrons. The summed E-state index contributed by atoms with van der Waals surface area (Å²) in [5, 5.41) is 7.09. The molecule has 0 fully saturated rings. The summed E-state index contributed by atoms with van der Waals surface area (Å²) < 4.78 is 27.4. The number of hydrogen-bond acceptors (Lipinski definition) is 6. The van der Waals surface area contributed by atoms with Gasteiger partial charge in [0.05, 0.1) is 5.02 Å². The number of Topliss-reactive ketones (excluding diaryl/α,β-unsaturated/α-hetero) is 1. The number of nitrogens with two attached hydrogens (primary N) is 2. The van der Waals surface area contributed by atoms with Crippen molar-refractivity contribution in [1.29, 1.82) is 0 Å². The van der Waals surface area contributed by atoms with Gasteiger partial charge in [-0.15, -0.1) is 0 Å². The predicted octanol–water partition coefficient (Wildman–Crippen LogP) is 1.79. The van der Waals surface area contributed by atoms with Gasteiger partial charge in [0, 0.05) is 21.9 Å². The molecule has 10 heteroatoms. The number of carbonyl (C=O) groups excluding carboxylic acids is 1. The van der Waals surface area contributed by atoms with Gasteiger partial charge in [-0.05, 0) is 16.8 Å². The highest BCUT2D eigenvalue weighted by Crippen LogP contribution is 2.31. The van der Waals surface area contributed by atoms with Gasteiger partial charge in [0.1, 0.15) is 0 Å². The average molecular weight is 374 g/mol. The van der Waals surface area contributed by atoms with E-state index in [-0.39, 0.29) is 5.56 Å². The molecule has 1 aromatic carbocycles. The summed E-state index contributed by atoms with van der Waals surface area (Å²) in [6.45, 7) is 0. The number of thiophene rings is 1. The van der Waals surface area contributed by atoms with Gasteiger partial charge in [-0.25, -0.2) is 0 Å². The Labute approximate surface area is 141 Å². The molecule has 1 aromatic heterocycles. The van der Waals surface area contributed by atoms with E-state index in [1.807, 2.05) is 5.38 Å². The first-order valence-corrected chi connectivity index (χ1v) is 9.04. The Morgan fingerprint density at radius 1 is 1.30 bits per heavy atom. The van der Waals surface area contributed by atoms with E-state index in [0.717, 1.165) is 5.56 Å². The van der Waals surface area contributed by atoms with Gasteiger partial charge >= 0.3 is 10.1 Å². The minimum atomic E-state index is -4.22. The van der Waals surface area contributed by atoms with Crippen LogP contribution in [0.2, 0.25) is 5.02 Å². The Balaban J connectivity index is 2.21. The highest BCUT2D eigenvalue weighted by atomic mass is 35.5. The first-order chi connectivity index (χ1) is 10.8. The second-order valence-electron chi connectivity index (χ2n) is 4.43. The number of rotatable bonds is 6. The summed E-state index contributed by atoms with van der Waals surface area (Å²) in [4.78, 5) is 12.1. The lowest BCUT2D eigenvalue weighted by molar-refractivity contribution is 0.101. The van der Waals surface area contributed by atoms with Crippen LogP contribution in [0, 0.1) is 0 Å². The number of oxime groups is 1. The van der Waals surface area contributed by atoms with E-state index < -0.39 is 27.6 Å². The van der Waals surface area contributed by atoms with Crippen LogP contribution in [0.5, 0.6) is 0 Å². The zero-order valence-corrected chi connectivity index (χ0v) is 14.0. The van der Waals surface area contributed by atoms with Gasteiger partial charge in [0.15, 0.2) is 11.5 Å². The van der Waals surface area contributed by atoms with Crippen LogP contribution in [0.3, 0.4) is 0 Å². The van der Waals surface area contributed by atoms with Gasteiger partial charge in [-0.3, -0.25) is 9.08 Å². The topological polar surface area (TPSA) is 125 Å². The fraction of sp³-hybridized carbons (Fsp3) is 0.0769. The average Bonchev–Trinajstić information content (AvgIpc) is 2.91. The summed E-state index contributed by atoms with van der Waals surface area (Å²) in [5.41, 5.74) is 11.6. The molecule has 0 aliphatic carbocycles. The SMILES string of the molecule is NC(N)=NOS(=O)(=O)CC(=O)c1cccc(-c2cscc2Cl)c1. The van der Waals surface area contributed by atoms with Crippen molar-refractivity contribution >= 4 is 44.8 Å². The molecule has 0 aliphatic heterocycles. The molecular formula is C13H12ClN3O4S2. The second kappa shape index (κ2) is 6.99. The van der Waals surface area contributed by atoms with Crippen LogP contribution < -0.4 is 11.5 Å². The van der Waals surface area contributed by atoms with Crippen LogP contribution in [-0.2, 0) is 14.4 Å². The molecule has 23 heavy (non-hydrogen) atoms. The van der Waals surface area contributed by atoms with Crippen molar-refractivity contribution in [2.75, 3.05) is 5.75 Å². The molecule has 7 nitrogen and oxygen atoms in total. The Hall–Kier alpha value is -2.10. The zero-order valence-electron chi connectivity index (χ0n) is 11.6. The summed E-state index contributed by atoms with van der Waals surface area (Å²) in [6, 6.07) is 6.48. The lowest BCUT2D eigenvalue weighted by Crippen LogP contribution is -2.25. The fourth-order valence-corrected chi connectivity index (χ4v) is 3.55. The van der Waals surface area contributed by atoms with E-state index in [1.54, 1.807) is 23.6 Å². The Morgan fingerprint density at radius 2 is 2.04 bits per heavy atom. The normalized spacial score (nSPS) is 11.0. The molecule has 2 rings (SSSR count). The van der Waals surface area contributed by atoms with Crippen LogP contribution in [0.1, 0.15) is 10.4 Å². The maximum atomic E-state index is 12.1. The molecule has 0 radical (unpaired) electrons. The van der Waals surface area contributed by atoms with E-state index in [2.05, 4.69) is 9.44 Å². The maximum Gasteiger partial charge on any atom is 0.336 e. The molecule has 0 unspecified atom stereocenters. The summed E-state index contributed by atoms with van der Waals surface area (Å²) in [6.07, 6.45) is 0. The van der Waals surface area contributed by atoms with Crippen LogP contribution in [-0.4, -0.2) is 25.9 Å². The molecular weight excluding hydrogens is 362 g/mol. The quantitative estimate of drug-likeness (QED) is 0.344. The van der Waals surface area contributed by atoms with E-state index in [4.69, 9.17) is 23.1 Å². The standard InChI is InChI=1S/C13H12ClN3O4S2/c14-11-6-22-5-10(11)8-2-1-3-9(4-8)12(18)7-23(19,20)21-17-13(15)16/h1-6H,7H2,(H4,15,16,17). The maximum absolute atomic E-state index is 12.1. The van der Waals surface area contributed by atoms with Gasteiger partial charge in [0.25, 0.3) is 0 Å². The number of carbonyl (C=O) groups is 1. The molecule has 0 amide bonds. The van der Waals surface area contributed by atoms with Crippen molar-refractivity contribution in [3.8, 4) is 11.1 Å². The minimum absolute atomic E-state index is 0.210. The van der Waals surface area contributed by atoms with Crippen molar-refractivity contribution in [2.45, 2.75) is 0 Å². The lowest BCUT2D eigenvalue weighted by Gasteiger charge is -2.05. The second-order valence-corrected chi connectivity index (χ2v) is 7.13. The Bertz CT molecular complexity index is 858. The number of nitrogens with zero attached hydrogens (tertiary/aromatic N) is 1. The van der Waals surface area contributed by atoms with Crippen LogP contribution in [0.25, 0.3) is 11.1 Å². The number of guanidine groups is 1. The summed E-state index contributed by atoms with van der Waals surface area (Å²) >= 11 is 7.48. The largest absolute Gasteiger partial charge is 0.367 e. The van der Waals surface area contributed by atoms with Crippen LogP contribution in [0.4, 0.5) is 0 Å². The van der Waals surface area contributed by atoms with E-state index in [9.17, 15) is 13.2 Å². The third-order valence-corrected chi connectivity index (χ3v) is 4.78. The highest BCUT2D eigenvalue weighted by Gasteiger charge is 2.20. The third kappa shape index (κ3) is 4.68. The number of ketones is 1. The van der Waals surface area contributed by atoms with Gasteiger partial charge in [0.2, 0.25) is 5.96 Å². The van der Waals surface area contributed by atoms with Crippen molar-refractivity contribution in [3.05, 3.63) is 45.6 Å². The van der Waals surface area contributed by atoms with E-state index in [0.29, 0.717) is 10.6 Å². The molecule has 0 saturated heterocycles. The first kappa shape index (κ1) is 17.3. The smallest absolute Gasteiger partial charge is 0.336 e. The number of benzene rings is 1. The molecule has 0 bridgehead atoms. The molecule has 4 N–H and O–H groups in total. The monoisotopic (exact) mass is 373 g/mol. The fourth-order valence-electron chi connectivity index (χ4n) is 1.72. The van der Waals surface area contributed by atoms with Crippen LogP contribution >= 0.6 is 22.9 Å². The first-order valence-electron chi connectivity index (χ1n) is 6.14. The molecule has 0 atom stereocenters. The van der Waals surface area contributed by atoms with Crippen molar-refractivity contribution < 1.29 is 17.5 Å². The van der Waals surface area contributed by atoms with Crippen molar-refractivity contribution in [1.82, 2.24) is 0 Å². The van der Waals surface area contributed by atoms with Gasteiger partial charge in [-0.1, -0.05) is 29.8 Å². The molecule has 0 aliphatic rings. The molecule has 0 spiro atoms. The van der Waals surface area contributed by atoms with E-state index >= 15 is 0 Å². The predicted molar refractivity (Wildman–Crippen MR) is 89.8 cm³/mol. The third-order valence-electron chi connectivity index (χ3n) is 2.67. The van der Waals surface area contributed by atoms with Crippen LogP contribution in [0.15, 0.2) is 40.2 Å². The number of halogens is 1. The zero-order chi connectivity index (χ0) is 17.0. The molecule has 1 heterocycles. The molecule has 2 aromatic rings. The minimum Gasteiger partial charge on any atom is -0.367 e. The summed E-state index contributed by atoms with van der Waals surface area (Å²) in [7, 11) is -4.22. The lowest BCUT2D eigenvalue weighted by atomic mass is 10.0. The summed E-state index contributed by atoms with van der Waals surface area (Å²) in [5.74, 6) is -2.09. The van der Waals surface area contributed by atoms with Gasteiger partial charge < -0.3 is 11.5 Å². The number of hydrogen-bond donors (Lipinski definition) is 2. The van der Waals surface area contributed by atoms with E-state index in [1.165, 1.54) is 17.4 Å². The van der Waals surface area contributed by atoms with Gasteiger partial charge in [-0.2, -0.15) is 19.8 Å². The molecule has 0 saturated carbocycles. The van der Waals surface area contributed by atoms with Crippen molar-refractivity contribution in [3.63, 3.8) is 0 Å². The Morgan fingerprint density at radius 3 is 2.65 bits per heavy atom. The Kier molecular flexibility index (Phi) is 5.24. The van der Waals surface area contributed by atoms with Crippen molar-refractivity contribution in [2.24, 2.45) is 16.6 Å².